The Morgan fingerprint density at radius 1 is 1.34 bits per heavy atom. The van der Waals surface area contributed by atoms with Gasteiger partial charge in [0, 0.05) is 48.5 Å². The van der Waals surface area contributed by atoms with Gasteiger partial charge in [0.1, 0.15) is 0 Å². The second-order valence-corrected chi connectivity index (χ2v) is 12.6. The number of aliphatic hydroxyl groups is 1. The van der Waals surface area contributed by atoms with Gasteiger partial charge in [-0.15, -0.1) is 5.10 Å². The number of fused-ring (bicyclic) bond motifs is 2. The van der Waals surface area contributed by atoms with E-state index in [4.69, 9.17) is 9.84 Å². The van der Waals surface area contributed by atoms with Gasteiger partial charge in [-0.1, -0.05) is 30.3 Å². The Kier molecular flexibility index (Phi) is 5.10. The molecule has 0 saturated carbocycles. The third-order valence-corrected chi connectivity index (χ3v) is 8.75. The maximum atomic E-state index is 13.1. The van der Waals surface area contributed by atoms with E-state index in [1.54, 1.807) is 4.68 Å². The Bertz CT molecular complexity index is 912. The highest BCUT2D eigenvalue weighted by Gasteiger charge is 2.64. The first-order valence-electron chi connectivity index (χ1n) is 10.1. The molecule has 0 radical (unpaired) electrons. The van der Waals surface area contributed by atoms with Crippen LogP contribution in [0.5, 0.6) is 0 Å². The minimum absolute atomic E-state index is 0.0331. The van der Waals surface area contributed by atoms with Crippen LogP contribution in [0.2, 0.25) is 18.6 Å². The Morgan fingerprint density at radius 2 is 2.10 bits per heavy atom. The lowest BCUT2D eigenvalue weighted by Gasteiger charge is -2.32. The van der Waals surface area contributed by atoms with Crippen LogP contribution >= 0.6 is 0 Å². The second-order valence-electron chi connectivity index (χ2n) is 8.60. The molecule has 0 aliphatic carbocycles. The molecule has 0 unspecified atom stereocenters. The van der Waals surface area contributed by atoms with Crippen molar-refractivity contribution in [2.45, 2.75) is 56.7 Å². The van der Waals surface area contributed by atoms with Crippen molar-refractivity contribution in [3.05, 3.63) is 41.7 Å². The van der Waals surface area contributed by atoms with Crippen molar-refractivity contribution in [2.75, 3.05) is 11.9 Å². The van der Waals surface area contributed by atoms with Gasteiger partial charge in [0.2, 0.25) is 0 Å². The van der Waals surface area contributed by atoms with E-state index >= 15 is 0 Å². The number of benzene rings is 1. The summed E-state index contributed by atoms with van der Waals surface area (Å²) in [5.41, 5.74) is 1.21. The van der Waals surface area contributed by atoms with Crippen molar-refractivity contribution in [1.82, 2.24) is 15.0 Å². The average molecular weight is 417 g/mol. The molecule has 2 aromatic rings. The van der Waals surface area contributed by atoms with Gasteiger partial charge in [-0.3, -0.25) is 9.48 Å². The average Bonchev–Trinajstić information content (AvgIpc) is 3.30. The number of para-hydroxylation sites is 1. The molecular weight excluding hydrogens is 388 g/mol. The summed E-state index contributed by atoms with van der Waals surface area (Å²) in [5, 5.41) is 20.2. The zero-order chi connectivity index (χ0) is 20.8. The van der Waals surface area contributed by atoms with Crippen molar-refractivity contribution >= 4 is 19.9 Å². The minimum atomic E-state index is -2.62. The van der Waals surface area contributed by atoms with Crippen LogP contribution < -0.4 is 5.32 Å². The summed E-state index contributed by atoms with van der Waals surface area (Å²) in [6.07, 6.45) is 2.64. The fourth-order valence-corrected chi connectivity index (χ4v) is 7.66. The van der Waals surface area contributed by atoms with Gasteiger partial charge in [-0.05, 0) is 25.6 Å². The van der Waals surface area contributed by atoms with Gasteiger partial charge in [0.25, 0.3) is 5.91 Å². The molecule has 1 saturated heterocycles. The van der Waals surface area contributed by atoms with Crippen LogP contribution in [0.25, 0.3) is 0 Å². The molecule has 0 bridgehead atoms. The van der Waals surface area contributed by atoms with Gasteiger partial charge < -0.3 is 20.0 Å². The first-order valence-corrected chi connectivity index (χ1v) is 13.1. The lowest BCUT2D eigenvalue weighted by atomic mass is 9.82. The number of aromatic nitrogens is 3. The molecule has 2 aliphatic heterocycles. The summed E-state index contributed by atoms with van der Waals surface area (Å²) in [7, 11) is -2.62. The van der Waals surface area contributed by atoms with Gasteiger partial charge in [0.05, 0.1) is 11.8 Å². The fraction of sp³-hybridized carbons (Fsp3) is 0.550. The smallest absolute Gasteiger partial charge is 0.261 e. The normalized spacial score (nSPS) is 28.7. The zero-order valence-corrected chi connectivity index (χ0v) is 18.0. The number of carbonyl (C=O) groups is 1. The number of rotatable bonds is 6. The molecule has 1 fully saturated rings. The van der Waals surface area contributed by atoms with Gasteiger partial charge in [-0.2, -0.15) is 0 Å². The predicted octanol–water partition coefficient (Wildman–Crippen LogP) is 1.65. The van der Waals surface area contributed by atoms with E-state index in [-0.39, 0.29) is 30.1 Å². The quantitative estimate of drug-likeness (QED) is 0.618. The van der Waals surface area contributed by atoms with Crippen LogP contribution in [-0.4, -0.2) is 51.8 Å². The van der Waals surface area contributed by atoms with Crippen molar-refractivity contribution in [3.8, 4) is 0 Å². The summed E-state index contributed by atoms with van der Waals surface area (Å²) in [4.78, 5) is 24.2. The van der Waals surface area contributed by atoms with Gasteiger partial charge in [0.15, 0.2) is 13.9 Å². The standard InChI is InChI=1S/C20H28N4O4Si/c1-13-18(29(2,3)27)17(8-10-24-12-14(9-11-25)22-23-24)28-20(13)15-6-4-5-7-16(15)21-19(20)26/h4-7,12-13,17-18,25,27H,8-11H2,1-3H3,(H,21,26)/t13-,17+,18-,20+/m0/s1. The number of carbonyl (C=O) groups excluding carboxylic acids is 1. The zero-order valence-electron chi connectivity index (χ0n) is 17.0. The molecule has 9 heteroatoms. The van der Waals surface area contributed by atoms with E-state index in [9.17, 15) is 9.59 Å². The molecule has 2 aliphatic rings. The molecule has 3 heterocycles. The van der Waals surface area contributed by atoms with E-state index in [2.05, 4.69) is 15.6 Å². The lowest BCUT2D eigenvalue weighted by molar-refractivity contribution is -0.143. The lowest BCUT2D eigenvalue weighted by Crippen LogP contribution is -2.43. The number of hydrogen-bond donors (Lipinski definition) is 3. The molecule has 4 atom stereocenters. The summed E-state index contributed by atoms with van der Waals surface area (Å²) >= 11 is 0. The molecule has 8 nitrogen and oxygen atoms in total. The monoisotopic (exact) mass is 416 g/mol. The topological polar surface area (TPSA) is 110 Å². The highest BCUT2D eigenvalue weighted by atomic mass is 28.4. The Morgan fingerprint density at radius 3 is 2.83 bits per heavy atom. The van der Waals surface area contributed by atoms with E-state index < -0.39 is 13.9 Å². The maximum absolute atomic E-state index is 13.1. The number of amides is 1. The van der Waals surface area contributed by atoms with E-state index in [0.717, 1.165) is 16.9 Å². The molecular formula is C20H28N4O4Si. The van der Waals surface area contributed by atoms with Gasteiger partial charge >= 0.3 is 0 Å². The van der Waals surface area contributed by atoms with E-state index in [0.29, 0.717) is 19.4 Å². The van der Waals surface area contributed by atoms with E-state index in [1.165, 1.54) is 0 Å². The molecule has 4 rings (SSSR count). The fourth-order valence-electron chi connectivity index (χ4n) is 5.06. The third kappa shape index (κ3) is 3.31. The van der Waals surface area contributed by atoms with Crippen molar-refractivity contribution in [1.29, 1.82) is 0 Å². The van der Waals surface area contributed by atoms with Crippen LogP contribution in [0.3, 0.4) is 0 Å². The van der Waals surface area contributed by atoms with Crippen LogP contribution in [0.15, 0.2) is 30.5 Å². The van der Waals surface area contributed by atoms with Crippen molar-refractivity contribution < 1.29 is 19.4 Å². The Labute approximate surface area is 171 Å². The molecule has 156 valence electrons. The minimum Gasteiger partial charge on any atom is -0.432 e. The highest BCUT2D eigenvalue weighted by molar-refractivity contribution is 6.71. The molecule has 1 amide bonds. The van der Waals surface area contributed by atoms with Crippen molar-refractivity contribution in [2.24, 2.45) is 5.92 Å². The SMILES string of the molecule is C[C@H]1[C@H]([Si](C)(C)O)[C@@H](CCn2cc(CCO)nn2)O[C@]12C(=O)Nc1ccccc12. The van der Waals surface area contributed by atoms with Crippen LogP contribution in [-0.2, 0) is 28.1 Å². The molecule has 29 heavy (non-hydrogen) atoms. The van der Waals surface area contributed by atoms with E-state index in [1.807, 2.05) is 50.5 Å². The first-order chi connectivity index (χ1) is 13.8. The number of hydrogen-bond acceptors (Lipinski definition) is 6. The summed E-state index contributed by atoms with van der Waals surface area (Å²) in [5.74, 6) is -0.300. The summed E-state index contributed by atoms with van der Waals surface area (Å²) in [6.45, 7) is 6.45. The summed E-state index contributed by atoms with van der Waals surface area (Å²) in [6, 6.07) is 7.64. The van der Waals surface area contributed by atoms with Crippen LogP contribution in [0, 0.1) is 5.92 Å². The molecule has 3 N–H and O–H groups in total. The number of anilines is 1. The molecule has 1 aromatic carbocycles. The highest BCUT2D eigenvalue weighted by Crippen LogP contribution is 2.58. The number of nitrogens with one attached hydrogen (secondary N) is 1. The van der Waals surface area contributed by atoms with Crippen LogP contribution in [0.1, 0.15) is 24.6 Å². The number of aryl methyl sites for hydroxylation is 1. The van der Waals surface area contributed by atoms with Crippen molar-refractivity contribution in [3.63, 3.8) is 0 Å². The maximum Gasteiger partial charge on any atom is 0.261 e. The second kappa shape index (κ2) is 7.32. The molecule has 1 aromatic heterocycles. The summed E-state index contributed by atoms with van der Waals surface area (Å²) < 4.78 is 8.27. The predicted molar refractivity (Wildman–Crippen MR) is 110 cm³/mol. The molecule has 1 spiro atoms. The third-order valence-electron chi connectivity index (χ3n) is 6.24. The first kappa shape index (κ1) is 20.2. The van der Waals surface area contributed by atoms with Gasteiger partial charge in [-0.25, -0.2) is 0 Å². The Hall–Kier alpha value is -2.07. The Balaban J connectivity index is 1.62. The number of ether oxygens (including phenoxy) is 1. The van der Waals surface area contributed by atoms with Crippen LogP contribution in [0.4, 0.5) is 5.69 Å². The number of aliphatic hydroxyl groups excluding tert-OH is 1. The largest absolute Gasteiger partial charge is 0.432 e. The number of nitrogens with zero attached hydrogens (tertiary/aromatic N) is 3.